The first kappa shape index (κ1) is 15.9. The van der Waals surface area contributed by atoms with Gasteiger partial charge in [0.05, 0.1) is 12.7 Å². The lowest BCUT2D eigenvalue weighted by Crippen LogP contribution is -2.23. The average molecular weight is 330 g/mol. The topological polar surface area (TPSA) is 29.5 Å². The molecule has 4 heteroatoms. The van der Waals surface area contributed by atoms with E-state index in [2.05, 4.69) is 17.0 Å². The summed E-state index contributed by atoms with van der Waals surface area (Å²) in [7, 11) is 1.40. The first-order valence-corrected chi connectivity index (χ1v) is 8.26. The first-order chi connectivity index (χ1) is 11.2. The lowest BCUT2D eigenvalue weighted by molar-refractivity contribution is 0.0600. The van der Waals surface area contributed by atoms with Crippen molar-refractivity contribution in [2.24, 2.45) is 0 Å². The van der Waals surface area contributed by atoms with Gasteiger partial charge in [0.1, 0.15) is 0 Å². The van der Waals surface area contributed by atoms with E-state index in [1.54, 1.807) is 0 Å². The Morgan fingerprint density at radius 2 is 1.96 bits per heavy atom. The lowest BCUT2D eigenvalue weighted by atomic mass is 10.1. The summed E-state index contributed by atoms with van der Waals surface area (Å²) >= 11 is 6.19. The van der Waals surface area contributed by atoms with Gasteiger partial charge in [0.15, 0.2) is 0 Å². The van der Waals surface area contributed by atoms with Gasteiger partial charge in [-0.2, -0.15) is 0 Å². The number of halogens is 1. The number of fused-ring (bicyclic) bond motifs is 1. The molecule has 0 N–H and O–H groups in total. The van der Waals surface area contributed by atoms with Crippen LogP contribution in [0.15, 0.2) is 42.5 Å². The molecule has 0 saturated heterocycles. The molecule has 0 radical (unpaired) electrons. The minimum Gasteiger partial charge on any atom is -0.465 e. The van der Waals surface area contributed by atoms with E-state index in [-0.39, 0.29) is 5.97 Å². The zero-order valence-corrected chi connectivity index (χ0v) is 14.0. The fraction of sp³-hybridized carbons (Fsp3) is 0.316. The Morgan fingerprint density at radius 3 is 2.70 bits per heavy atom. The number of hydrogen-bond donors (Lipinski definition) is 0. The normalized spacial score (nSPS) is 14.1. The van der Waals surface area contributed by atoms with Gasteiger partial charge in [-0.3, -0.25) is 0 Å². The maximum atomic E-state index is 11.5. The minimum atomic E-state index is -0.302. The third-order valence-corrected chi connectivity index (χ3v) is 4.50. The molecule has 120 valence electrons. The maximum absolute atomic E-state index is 11.5. The smallest absolute Gasteiger partial charge is 0.337 e. The van der Waals surface area contributed by atoms with Gasteiger partial charge in [-0.05, 0) is 54.7 Å². The Labute approximate surface area is 141 Å². The van der Waals surface area contributed by atoms with Crippen molar-refractivity contribution >= 4 is 23.3 Å². The number of ether oxygens (including phenoxy) is 1. The maximum Gasteiger partial charge on any atom is 0.337 e. The fourth-order valence-corrected chi connectivity index (χ4v) is 3.20. The molecule has 0 atom stereocenters. The molecule has 0 aliphatic carbocycles. The predicted molar refractivity (Wildman–Crippen MR) is 93.2 cm³/mol. The van der Waals surface area contributed by atoms with Crippen LogP contribution < -0.4 is 4.90 Å². The molecule has 0 bridgehead atoms. The number of rotatable bonds is 3. The molecule has 0 aromatic heterocycles. The van der Waals surface area contributed by atoms with Gasteiger partial charge in [-0.15, -0.1) is 0 Å². The van der Waals surface area contributed by atoms with Crippen LogP contribution in [-0.4, -0.2) is 19.6 Å². The molecule has 1 aliphatic rings. The van der Waals surface area contributed by atoms with Crippen molar-refractivity contribution < 1.29 is 9.53 Å². The van der Waals surface area contributed by atoms with Gasteiger partial charge in [0, 0.05) is 23.8 Å². The Morgan fingerprint density at radius 1 is 1.17 bits per heavy atom. The van der Waals surface area contributed by atoms with Crippen LogP contribution >= 0.6 is 11.6 Å². The van der Waals surface area contributed by atoms with Crippen LogP contribution in [-0.2, 0) is 17.7 Å². The second-order valence-electron chi connectivity index (χ2n) is 5.84. The molecule has 2 aromatic rings. The Balaban J connectivity index is 1.82. The third kappa shape index (κ3) is 3.67. The van der Waals surface area contributed by atoms with E-state index in [0.717, 1.165) is 24.5 Å². The molecule has 2 aromatic carbocycles. The van der Waals surface area contributed by atoms with E-state index >= 15 is 0 Å². The lowest BCUT2D eigenvalue weighted by Gasteiger charge is -2.25. The van der Waals surface area contributed by atoms with Crippen molar-refractivity contribution in [3.63, 3.8) is 0 Å². The number of benzene rings is 2. The number of hydrogen-bond acceptors (Lipinski definition) is 3. The number of esters is 1. The number of nitrogens with zero attached hydrogens (tertiary/aromatic N) is 1. The SMILES string of the molecule is COC(=O)c1ccc(CN2CCCCc3ccc(Cl)cc32)cc1. The molecule has 1 aliphatic heterocycles. The summed E-state index contributed by atoms with van der Waals surface area (Å²) in [5, 5.41) is 0.775. The summed E-state index contributed by atoms with van der Waals surface area (Å²) in [5.74, 6) is -0.302. The standard InChI is InChI=1S/C19H20ClNO2/c1-23-19(22)16-7-5-14(6-8-16)13-21-11-3-2-4-15-9-10-17(20)12-18(15)21/h5-10,12H,2-4,11,13H2,1H3. The summed E-state index contributed by atoms with van der Waals surface area (Å²) in [4.78, 5) is 13.9. The minimum absolute atomic E-state index is 0.302. The molecular formula is C19H20ClNO2. The summed E-state index contributed by atoms with van der Waals surface area (Å²) in [5.41, 5.74) is 4.34. The molecular weight excluding hydrogens is 310 g/mol. The van der Waals surface area contributed by atoms with Crippen molar-refractivity contribution in [1.29, 1.82) is 0 Å². The van der Waals surface area contributed by atoms with Crippen LogP contribution in [0.25, 0.3) is 0 Å². The van der Waals surface area contributed by atoms with Crippen LogP contribution in [0.5, 0.6) is 0 Å². The quantitative estimate of drug-likeness (QED) is 0.778. The molecule has 0 saturated carbocycles. The molecule has 0 amide bonds. The van der Waals surface area contributed by atoms with Crippen LogP contribution in [0.3, 0.4) is 0 Å². The first-order valence-electron chi connectivity index (χ1n) is 7.88. The highest BCUT2D eigenvalue weighted by molar-refractivity contribution is 6.30. The number of anilines is 1. The third-order valence-electron chi connectivity index (χ3n) is 4.26. The predicted octanol–water partition coefficient (Wildman–Crippen LogP) is 4.47. The summed E-state index contributed by atoms with van der Waals surface area (Å²) < 4.78 is 4.74. The fourth-order valence-electron chi connectivity index (χ4n) is 3.03. The summed E-state index contributed by atoms with van der Waals surface area (Å²) in [6, 6.07) is 13.8. The zero-order valence-electron chi connectivity index (χ0n) is 13.2. The molecule has 3 rings (SSSR count). The highest BCUT2D eigenvalue weighted by Crippen LogP contribution is 2.30. The highest BCUT2D eigenvalue weighted by atomic mass is 35.5. The van der Waals surface area contributed by atoms with Gasteiger partial charge < -0.3 is 9.64 Å². The van der Waals surface area contributed by atoms with Gasteiger partial charge >= 0.3 is 5.97 Å². The average Bonchev–Trinajstić information content (AvgIpc) is 2.77. The van der Waals surface area contributed by atoms with E-state index < -0.39 is 0 Å². The Hall–Kier alpha value is -2.00. The summed E-state index contributed by atoms with van der Waals surface area (Å²) in [6.07, 6.45) is 3.48. The Kier molecular flexibility index (Phi) is 4.87. The highest BCUT2D eigenvalue weighted by Gasteiger charge is 2.16. The van der Waals surface area contributed by atoms with E-state index in [0.29, 0.717) is 5.56 Å². The van der Waals surface area contributed by atoms with Crippen molar-refractivity contribution in [3.8, 4) is 0 Å². The molecule has 0 unspecified atom stereocenters. The van der Waals surface area contributed by atoms with Gasteiger partial charge in [-0.1, -0.05) is 29.8 Å². The number of carbonyl (C=O) groups excluding carboxylic acids is 1. The van der Waals surface area contributed by atoms with E-state index in [4.69, 9.17) is 16.3 Å². The largest absolute Gasteiger partial charge is 0.465 e. The Bertz CT molecular complexity index is 697. The number of methoxy groups -OCH3 is 1. The second-order valence-corrected chi connectivity index (χ2v) is 6.28. The molecule has 0 fully saturated rings. The van der Waals surface area contributed by atoms with Crippen LogP contribution in [0.1, 0.15) is 34.3 Å². The molecule has 1 heterocycles. The van der Waals surface area contributed by atoms with Crippen molar-refractivity contribution in [2.45, 2.75) is 25.8 Å². The molecule has 0 spiro atoms. The van der Waals surface area contributed by atoms with E-state index in [9.17, 15) is 4.79 Å². The number of carbonyl (C=O) groups is 1. The van der Waals surface area contributed by atoms with Gasteiger partial charge in [0.25, 0.3) is 0 Å². The van der Waals surface area contributed by atoms with Crippen molar-refractivity contribution in [1.82, 2.24) is 0 Å². The van der Waals surface area contributed by atoms with Gasteiger partial charge in [-0.25, -0.2) is 4.79 Å². The second kappa shape index (κ2) is 7.05. The zero-order chi connectivity index (χ0) is 16.2. The number of aryl methyl sites for hydroxylation is 1. The monoisotopic (exact) mass is 329 g/mol. The van der Waals surface area contributed by atoms with E-state index in [1.165, 1.54) is 36.8 Å². The summed E-state index contributed by atoms with van der Waals surface area (Å²) in [6.45, 7) is 1.83. The molecule has 3 nitrogen and oxygen atoms in total. The van der Waals surface area contributed by atoms with Crippen LogP contribution in [0.2, 0.25) is 5.02 Å². The van der Waals surface area contributed by atoms with Crippen LogP contribution in [0, 0.1) is 0 Å². The van der Waals surface area contributed by atoms with Crippen molar-refractivity contribution in [2.75, 3.05) is 18.6 Å². The van der Waals surface area contributed by atoms with Crippen LogP contribution in [0.4, 0.5) is 5.69 Å². The van der Waals surface area contributed by atoms with E-state index in [1.807, 2.05) is 30.3 Å². The molecule has 23 heavy (non-hydrogen) atoms. The van der Waals surface area contributed by atoms with Gasteiger partial charge in [0.2, 0.25) is 0 Å². The van der Waals surface area contributed by atoms with Crippen molar-refractivity contribution in [3.05, 3.63) is 64.2 Å².